The van der Waals surface area contributed by atoms with Crippen LogP contribution in [0.25, 0.3) is 0 Å². The molecule has 20 heavy (non-hydrogen) atoms. The van der Waals surface area contributed by atoms with E-state index in [2.05, 4.69) is 25.3 Å². The maximum absolute atomic E-state index is 11.3. The molecule has 1 atom stereocenters. The van der Waals surface area contributed by atoms with Gasteiger partial charge in [-0.05, 0) is 38.0 Å². The third-order valence-corrected chi connectivity index (χ3v) is 7.02. The summed E-state index contributed by atoms with van der Waals surface area (Å²) in [5.74, 6) is -0.315. The summed E-state index contributed by atoms with van der Waals surface area (Å²) in [5, 5.41) is 1.29. The molecule has 1 aromatic rings. The minimum atomic E-state index is -1.94. The standard InChI is InChI=1S/C16H24O3Si/c1-5-19-20(4,15-10-7-6-8-11-15)13-9-12-18-16(17)14(2)3/h6-8,10-11H,2,5,9,12-13H2,1,3-4H3. The van der Waals surface area contributed by atoms with Gasteiger partial charge in [-0.2, -0.15) is 0 Å². The van der Waals surface area contributed by atoms with Gasteiger partial charge in [0.05, 0.1) is 6.61 Å². The van der Waals surface area contributed by atoms with E-state index in [0.29, 0.717) is 18.8 Å². The quantitative estimate of drug-likeness (QED) is 0.320. The monoisotopic (exact) mass is 292 g/mol. The highest BCUT2D eigenvalue weighted by molar-refractivity contribution is 6.85. The van der Waals surface area contributed by atoms with Gasteiger partial charge >= 0.3 is 5.97 Å². The number of carbonyl (C=O) groups excluding carboxylic acids is 1. The summed E-state index contributed by atoms with van der Waals surface area (Å²) >= 11 is 0. The molecule has 0 aromatic heterocycles. The Morgan fingerprint density at radius 1 is 1.30 bits per heavy atom. The first-order valence-electron chi connectivity index (χ1n) is 7.01. The zero-order chi connectivity index (χ0) is 15.0. The molecule has 4 heteroatoms. The minimum Gasteiger partial charge on any atom is -0.462 e. The molecular weight excluding hydrogens is 268 g/mol. The zero-order valence-electron chi connectivity index (χ0n) is 12.6. The topological polar surface area (TPSA) is 35.5 Å². The highest BCUT2D eigenvalue weighted by Crippen LogP contribution is 2.15. The Morgan fingerprint density at radius 3 is 2.50 bits per heavy atom. The molecule has 0 saturated carbocycles. The molecule has 0 fully saturated rings. The molecule has 0 spiro atoms. The minimum absolute atomic E-state index is 0.315. The van der Waals surface area contributed by atoms with Gasteiger partial charge < -0.3 is 9.16 Å². The molecule has 0 heterocycles. The van der Waals surface area contributed by atoms with Crippen LogP contribution < -0.4 is 5.19 Å². The Bertz CT molecular complexity index is 444. The Balaban J connectivity index is 2.55. The molecular formula is C16H24O3Si. The molecule has 0 aliphatic carbocycles. The molecule has 0 radical (unpaired) electrons. The Hall–Kier alpha value is -1.39. The lowest BCUT2D eigenvalue weighted by molar-refractivity contribution is -0.138. The van der Waals surface area contributed by atoms with Gasteiger partial charge in [0, 0.05) is 12.2 Å². The maximum Gasteiger partial charge on any atom is 0.333 e. The van der Waals surface area contributed by atoms with E-state index in [1.165, 1.54) is 5.19 Å². The second-order valence-electron chi connectivity index (χ2n) is 5.05. The van der Waals surface area contributed by atoms with Gasteiger partial charge in [0.25, 0.3) is 0 Å². The maximum atomic E-state index is 11.3. The summed E-state index contributed by atoms with van der Waals surface area (Å²) in [6.45, 7) is 10.6. The molecule has 0 saturated heterocycles. The Labute approximate surface area is 122 Å². The highest BCUT2D eigenvalue weighted by atomic mass is 28.4. The van der Waals surface area contributed by atoms with Gasteiger partial charge in [0.2, 0.25) is 8.32 Å². The average Bonchev–Trinajstić information content (AvgIpc) is 2.44. The first-order chi connectivity index (χ1) is 9.49. The van der Waals surface area contributed by atoms with Crippen molar-refractivity contribution >= 4 is 19.5 Å². The lowest BCUT2D eigenvalue weighted by atomic mass is 10.4. The molecule has 0 aliphatic heterocycles. The summed E-state index contributed by atoms with van der Waals surface area (Å²) < 4.78 is 11.2. The zero-order valence-corrected chi connectivity index (χ0v) is 13.6. The molecule has 0 N–H and O–H groups in total. The van der Waals surface area contributed by atoms with Crippen molar-refractivity contribution in [3.05, 3.63) is 42.5 Å². The summed E-state index contributed by atoms with van der Waals surface area (Å²) in [7, 11) is -1.94. The smallest absolute Gasteiger partial charge is 0.333 e. The van der Waals surface area contributed by atoms with Crippen LogP contribution >= 0.6 is 0 Å². The van der Waals surface area contributed by atoms with E-state index < -0.39 is 8.32 Å². The fraction of sp³-hybridized carbons (Fsp3) is 0.438. The predicted octanol–water partition coefficient (Wildman–Crippen LogP) is 3.01. The number of benzene rings is 1. The van der Waals surface area contributed by atoms with Crippen LogP contribution in [0.3, 0.4) is 0 Å². The van der Waals surface area contributed by atoms with Crippen LogP contribution in [-0.4, -0.2) is 27.5 Å². The number of hydrogen-bond donors (Lipinski definition) is 0. The van der Waals surface area contributed by atoms with Gasteiger partial charge in [-0.3, -0.25) is 0 Å². The molecule has 1 aromatic carbocycles. The van der Waals surface area contributed by atoms with Crippen molar-refractivity contribution in [1.82, 2.24) is 0 Å². The van der Waals surface area contributed by atoms with Gasteiger partial charge in [-0.15, -0.1) is 0 Å². The van der Waals surface area contributed by atoms with Gasteiger partial charge in [0.15, 0.2) is 0 Å². The molecule has 0 aliphatic rings. The van der Waals surface area contributed by atoms with Crippen LogP contribution in [0.1, 0.15) is 20.3 Å². The molecule has 0 bridgehead atoms. The van der Waals surface area contributed by atoms with Gasteiger partial charge in [-0.25, -0.2) is 4.79 Å². The SMILES string of the molecule is C=C(C)C(=O)OCCC[Si](C)(OCC)c1ccccc1. The third-order valence-electron chi connectivity index (χ3n) is 3.23. The fourth-order valence-corrected chi connectivity index (χ4v) is 5.06. The van der Waals surface area contributed by atoms with Gasteiger partial charge in [-0.1, -0.05) is 36.9 Å². The first kappa shape index (κ1) is 16.7. The molecule has 0 amide bonds. The molecule has 110 valence electrons. The van der Waals surface area contributed by atoms with E-state index in [0.717, 1.165) is 12.5 Å². The number of esters is 1. The van der Waals surface area contributed by atoms with E-state index in [4.69, 9.17) is 9.16 Å². The largest absolute Gasteiger partial charge is 0.462 e. The lowest BCUT2D eigenvalue weighted by Crippen LogP contribution is -2.47. The predicted molar refractivity (Wildman–Crippen MR) is 84.5 cm³/mol. The van der Waals surface area contributed by atoms with Crippen LogP contribution in [-0.2, 0) is 14.0 Å². The van der Waals surface area contributed by atoms with E-state index in [1.807, 2.05) is 25.1 Å². The normalized spacial score (nSPS) is 13.6. The fourth-order valence-electron chi connectivity index (χ4n) is 2.11. The summed E-state index contributed by atoms with van der Waals surface area (Å²) in [6, 6.07) is 11.3. The number of hydrogen-bond acceptors (Lipinski definition) is 3. The number of carbonyl (C=O) groups is 1. The molecule has 1 rings (SSSR count). The molecule has 3 nitrogen and oxygen atoms in total. The second-order valence-corrected chi connectivity index (χ2v) is 8.88. The third kappa shape index (κ3) is 4.94. The Morgan fingerprint density at radius 2 is 1.95 bits per heavy atom. The summed E-state index contributed by atoms with van der Waals surface area (Å²) in [5.41, 5.74) is 0.442. The van der Waals surface area contributed by atoms with Crippen LogP contribution in [0.4, 0.5) is 0 Å². The van der Waals surface area contributed by atoms with E-state index in [-0.39, 0.29) is 5.97 Å². The second kappa shape index (κ2) is 8.02. The van der Waals surface area contributed by atoms with E-state index in [9.17, 15) is 4.79 Å². The highest BCUT2D eigenvalue weighted by Gasteiger charge is 2.30. The first-order valence-corrected chi connectivity index (χ1v) is 9.63. The van der Waals surface area contributed by atoms with Crippen molar-refractivity contribution in [2.24, 2.45) is 0 Å². The van der Waals surface area contributed by atoms with Crippen LogP contribution in [0.15, 0.2) is 42.5 Å². The van der Waals surface area contributed by atoms with E-state index >= 15 is 0 Å². The van der Waals surface area contributed by atoms with E-state index in [1.54, 1.807) is 6.92 Å². The van der Waals surface area contributed by atoms with Crippen LogP contribution in [0.5, 0.6) is 0 Å². The van der Waals surface area contributed by atoms with Crippen molar-refractivity contribution in [2.45, 2.75) is 32.9 Å². The summed E-state index contributed by atoms with van der Waals surface area (Å²) in [6.07, 6.45) is 0.816. The van der Waals surface area contributed by atoms with Crippen molar-refractivity contribution in [1.29, 1.82) is 0 Å². The van der Waals surface area contributed by atoms with Crippen molar-refractivity contribution in [3.8, 4) is 0 Å². The summed E-state index contributed by atoms with van der Waals surface area (Å²) in [4.78, 5) is 11.3. The van der Waals surface area contributed by atoms with Crippen molar-refractivity contribution in [3.63, 3.8) is 0 Å². The number of rotatable bonds is 8. The van der Waals surface area contributed by atoms with Gasteiger partial charge in [0.1, 0.15) is 0 Å². The Kier molecular flexibility index (Phi) is 6.68. The van der Waals surface area contributed by atoms with Crippen molar-refractivity contribution < 1.29 is 14.0 Å². The number of ether oxygens (including phenoxy) is 1. The van der Waals surface area contributed by atoms with Crippen LogP contribution in [0.2, 0.25) is 12.6 Å². The average molecular weight is 292 g/mol. The molecule has 1 unspecified atom stereocenters. The van der Waals surface area contributed by atoms with Crippen molar-refractivity contribution in [2.75, 3.05) is 13.2 Å². The van der Waals surface area contributed by atoms with Crippen LogP contribution in [0, 0.1) is 0 Å². The lowest BCUT2D eigenvalue weighted by Gasteiger charge is -2.27.